The van der Waals surface area contributed by atoms with Crippen LogP contribution in [0.5, 0.6) is 11.5 Å². The van der Waals surface area contributed by atoms with Crippen molar-refractivity contribution in [3.8, 4) is 11.5 Å². The van der Waals surface area contributed by atoms with E-state index in [9.17, 15) is 4.79 Å². The van der Waals surface area contributed by atoms with Gasteiger partial charge >= 0.3 is 5.97 Å². The summed E-state index contributed by atoms with van der Waals surface area (Å²) in [4.78, 5) is 12.3. The Morgan fingerprint density at radius 3 is 2.50 bits per heavy atom. The predicted molar refractivity (Wildman–Crippen MR) is 84.0 cm³/mol. The molecule has 0 aliphatic heterocycles. The fourth-order valence-electron chi connectivity index (χ4n) is 2.75. The van der Waals surface area contributed by atoms with Crippen molar-refractivity contribution < 1.29 is 14.3 Å². The van der Waals surface area contributed by atoms with Crippen molar-refractivity contribution in [2.45, 2.75) is 25.7 Å². The van der Waals surface area contributed by atoms with Gasteiger partial charge in [0.15, 0.2) is 17.5 Å². The summed E-state index contributed by atoms with van der Waals surface area (Å²) in [6, 6.07) is 7.16. The van der Waals surface area contributed by atoms with E-state index in [4.69, 9.17) is 20.6 Å². The minimum atomic E-state index is -0.192. The number of hydrogen-bond donors (Lipinski definition) is 3. The third-order valence-corrected chi connectivity index (χ3v) is 4.04. The number of carbonyl (C=O) groups is 1. The van der Waals surface area contributed by atoms with Gasteiger partial charge in [-0.3, -0.25) is 10.2 Å². The molecule has 4 N–H and O–H groups in total. The summed E-state index contributed by atoms with van der Waals surface area (Å²) in [6.07, 6.45) is 3.48. The summed E-state index contributed by atoms with van der Waals surface area (Å²) in [5.74, 6) is 1.23. The number of para-hydroxylation sites is 2. The molecule has 0 aromatic heterocycles. The van der Waals surface area contributed by atoms with Gasteiger partial charge in [0.2, 0.25) is 0 Å². The lowest BCUT2D eigenvalue weighted by Gasteiger charge is -2.27. The second-order valence-corrected chi connectivity index (χ2v) is 5.58. The molecule has 120 valence electrons. The van der Waals surface area contributed by atoms with Gasteiger partial charge in [-0.05, 0) is 43.7 Å². The standard InChI is InChI=1S/C16H23N3O3/c1-21-13-4-2-3-5-14(13)22-15(20)12-8-6-11(7-9-12)10-19-16(17)18/h2-5,11-12H,6-10H2,1H3,(H4,17,18,19)/t11-,12-. The number of nitrogens with one attached hydrogen (secondary N) is 2. The van der Waals surface area contributed by atoms with E-state index in [1.54, 1.807) is 19.2 Å². The fraction of sp³-hybridized carbons (Fsp3) is 0.500. The molecular formula is C16H23N3O3. The topological polar surface area (TPSA) is 97.4 Å². The van der Waals surface area contributed by atoms with Gasteiger partial charge in [-0.1, -0.05) is 12.1 Å². The van der Waals surface area contributed by atoms with Gasteiger partial charge in [-0.15, -0.1) is 0 Å². The third-order valence-electron chi connectivity index (χ3n) is 4.04. The minimum Gasteiger partial charge on any atom is -0.493 e. The molecule has 1 saturated carbocycles. The first-order valence-electron chi connectivity index (χ1n) is 7.52. The number of nitrogens with two attached hydrogens (primary N) is 1. The van der Waals surface area contributed by atoms with E-state index in [0.29, 0.717) is 24.0 Å². The molecule has 1 aliphatic carbocycles. The Kier molecular flexibility index (Phi) is 5.63. The van der Waals surface area contributed by atoms with Crippen LogP contribution in [0.25, 0.3) is 0 Å². The van der Waals surface area contributed by atoms with Crippen LogP contribution in [0.3, 0.4) is 0 Å². The molecule has 0 spiro atoms. The molecule has 0 heterocycles. The maximum atomic E-state index is 12.3. The largest absolute Gasteiger partial charge is 0.493 e. The van der Waals surface area contributed by atoms with Crippen molar-refractivity contribution in [3.05, 3.63) is 24.3 Å². The van der Waals surface area contributed by atoms with Crippen molar-refractivity contribution in [3.63, 3.8) is 0 Å². The van der Waals surface area contributed by atoms with Crippen LogP contribution in [0, 0.1) is 17.2 Å². The van der Waals surface area contributed by atoms with Crippen molar-refractivity contribution in [1.29, 1.82) is 5.41 Å². The number of hydrogen-bond acceptors (Lipinski definition) is 4. The quantitative estimate of drug-likeness (QED) is 0.334. The first-order chi connectivity index (χ1) is 10.6. The molecular weight excluding hydrogens is 282 g/mol. The second kappa shape index (κ2) is 7.68. The number of rotatable bonds is 5. The van der Waals surface area contributed by atoms with E-state index in [2.05, 4.69) is 5.32 Å². The van der Waals surface area contributed by atoms with E-state index in [1.807, 2.05) is 12.1 Å². The van der Waals surface area contributed by atoms with Crippen molar-refractivity contribution in [1.82, 2.24) is 5.32 Å². The summed E-state index contributed by atoms with van der Waals surface area (Å²) < 4.78 is 10.7. The Morgan fingerprint density at radius 2 is 1.91 bits per heavy atom. The zero-order valence-corrected chi connectivity index (χ0v) is 12.8. The molecule has 1 aromatic rings. The number of guanidine groups is 1. The number of methoxy groups -OCH3 is 1. The Hall–Kier alpha value is -2.24. The van der Waals surface area contributed by atoms with Crippen molar-refractivity contribution >= 4 is 11.9 Å². The Balaban J connectivity index is 1.83. The van der Waals surface area contributed by atoms with Crippen LogP contribution in [0.1, 0.15) is 25.7 Å². The molecule has 22 heavy (non-hydrogen) atoms. The van der Waals surface area contributed by atoms with Crippen LogP contribution in [0.15, 0.2) is 24.3 Å². The van der Waals surface area contributed by atoms with Crippen molar-refractivity contribution in [2.75, 3.05) is 13.7 Å². The molecule has 0 saturated heterocycles. The Labute approximate surface area is 130 Å². The SMILES string of the molecule is COc1ccccc1OC(=O)[C@H]1CC[C@H](CNC(=N)N)CC1. The molecule has 0 bridgehead atoms. The summed E-state index contributed by atoms with van der Waals surface area (Å²) in [6.45, 7) is 0.698. The average Bonchev–Trinajstić information content (AvgIpc) is 2.54. The van der Waals surface area contributed by atoms with E-state index in [-0.39, 0.29) is 17.8 Å². The highest BCUT2D eigenvalue weighted by Crippen LogP contribution is 2.32. The summed E-state index contributed by atoms with van der Waals surface area (Å²) >= 11 is 0. The van der Waals surface area contributed by atoms with Crippen LogP contribution in [-0.2, 0) is 4.79 Å². The number of esters is 1. The molecule has 6 nitrogen and oxygen atoms in total. The lowest BCUT2D eigenvalue weighted by Crippen LogP contribution is -2.36. The zero-order chi connectivity index (χ0) is 15.9. The van der Waals surface area contributed by atoms with Gasteiger partial charge < -0.3 is 20.5 Å². The van der Waals surface area contributed by atoms with E-state index in [1.165, 1.54) is 0 Å². The molecule has 0 radical (unpaired) electrons. The maximum Gasteiger partial charge on any atom is 0.314 e. The highest BCUT2D eigenvalue weighted by Gasteiger charge is 2.28. The maximum absolute atomic E-state index is 12.3. The monoisotopic (exact) mass is 305 g/mol. The molecule has 6 heteroatoms. The zero-order valence-electron chi connectivity index (χ0n) is 12.8. The smallest absolute Gasteiger partial charge is 0.314 e. The average molecular weight is 305 g/mol. The molecule has 0 atom stereocenters. The summed E-state index contributed by atoms with van der Waals surface area (Å²) in [7, 11) is 1.56. The third kappa shape index (κ3) is 4.38. The molecule has 1 aliphatic rings. The predicted octanol–water partition coefficient (Wildman–Crippen LogP) is 1.89. The summed E-state index contributed by atoms with van der Waals surface area (Å²) in [5.41, 5.74) is 5.28. The Bertz CT molecular complexity index is 525. The molecule has 1 aromatic carbocycles. The van der Waals surface area contributed by atoms with E-state index >= 15 is 0 Å². The molecule has 1 fully saturated rings. The summed E-state index contributed by atoms with van der Waals surface area (Å²) in [5, 5.41) is 10.0. The molecule has 0 amide bonds. The van der Waals surface area contributed by atoms with Gasteiger partial charge in [0.25, 0.3) is 0 Å². The lowest BCUT2D eigenvalue weighted by molar-refractivity contribution is -0.140. The van der Waals surface area contributed by atoms with Gasteiger partial charge in [0.1, 0.15) is 0 Å². The molecule has 2 rings (SSSR count). The number of benzene rings is 1. The fourth-order valence-corrected chi connectivity index (χ4v) is 2.75. The Morgan fingerprint density at radius 1 is 1.27 bits per heavy atom. The van der Waals surface area contributed by atoms with Crippen LogP contribution < -0.4 is 20.5 Å². The lowest BCUT2D eigenvalue weighted by atomic mass is 9.82. The minimum absolute atomic E-state index is 0.00212. The number of ether oxygens (including phenoxy) is 2. The molecule has 0 unspecified atom stereocenters. The highest BCUT2D eigenvalue weighted by atomic mass is 16.6. The van der Waals surface area contributed by atoms with E-state index in [0.717, 1.165) is 25.7 Å². The van der Waals surface area contributed by atoms with E-state index < -0.39 is 0 Å². The normalized spacial score (nSPS) is 21.0. The van der Waals surface area contributed by atoms with Gasteiger partial charge in [0, 0.05) is 6.54 Å². The van der Waals surface area contributed by atoms with Crippen LogP contribution in [0.2, 0.25) is 0 Å². The first-order valence-corrected chi connectivity index (χ1v) is 7.52. The van der Waals surface area contributed by atoms with Gasteiger partial charge in [-0.25, -0.2) is 0 Å². The highest BCUT2D eigenvalue weighted by molar-refractivity contribution is 5.76. The van der Waals surface area contributed by atoms with Crippen LogP contribution in [0.4, 0.5) is 0 Å². The number of carbonyl (C=O) groups excluding carboxylic acids is 1. The van der Waals surface area contributed by atoms with Crippen molar-refractivity contribution in [2.24, 2.45) is 17.6 Å². The van der Waals surface area contributed by atoms with Gasteiger partial charge in [-0.2, -0.15) is 0 Å². The van der Waals surface area contributed by atoms with Crippen LogP contribution >= 0.6 is 0 Å². The second-order valence-electron chi connectivity index (χ2n) is 5.58. The first kappa shape index (κ1) is 16.1. The van der Waals surface area contributed by atoms with Gasteiger partial charge in [0.05, 0.1) is 13.0 Å². The van der Waals surface area contributed by atoms with Crippen LogP contribution in [-0.4, -0.2) is 25.6 Å².